The number of hydrogen-bond donors (Lipinski definition) is 1. The van der Waals surface area contributed by atoms with Crippen LogP contribution in [0.2, 0.25) is 0 Å². The zero-order valence-corrected chi connectivity index (χ0v) is 10.7. The molecule has 1 heterocycles. The van der Waals surface area contributed by atoms with Gasteiger partial charge in [0.25, 0.3) is 0 Å². The van der Waals surface area contributed by atoms with Crippen LogP contribution in [0.1, 0.15) is 43.6 Å². The molecule has 1 unspecified atom stereocenters. The second-order valence-corrected chi connectivity index (χ2v) is 4.16. The Kier molecular flexibility index (Phi) is 5.26. The summed E-state index contributed by atoms with van der Waals surface area (Å²) in [6, 6.07) is 2.58. The van der Waals surface area contributed by atoms with E-state index in [1.54, 1.807) is 0 Å². The highest BCUT2D eigenvalue weighted by molar-refractivity contribution is 5.13. The summed E-state index contributed by atoms with van der Waals surface area (Å²) in [4.78, 5) is 0. The molecule has 0 aliphatic rings. The lowest BCUT2D eigenvalue weighted by molar-refractivity contribution is 0.468. The van der Waals surface area contributed by atoms with E-state index in [2.05, 4.69) is 30.0 Å². The van der Waals surface area contributed by atoms with Gasteiger partial charge >= 0.3 is 0 Å². The average Bonchev–Trinajstić information content (AvgIpc) is 2.57. The molecule has 0 aliphatic carbocycles. The molecular weight excluding hydrogens is 198 g/mol. The third kappa shape index (κ3) is 3.49. The molecule has 1 N–H and O–H groups in total. The van der Waals surface area contributed by atoms with Gasteiger partial charge in [-0.05, 0) is 38.8 Å². The maximum Gasteiger partial charge on any atom is 0.0597 e. The molecular formula is C13H23N3. The minimum atomic E-state index is 0.413. The van der Waals surface area contributed by atoms with Crippen molar-refractivity contribution in [2.45, 2.75) is 39.2 Å². The van der Waals surface area contributed by atoms with Crippen molar-refractivity contribution in [1.82, 2.24) is 15.1 Å². The van der Waals surface area contributed by atoms with Crippen LogP contribution in [0.25, 0.3) is 0 Å². The van der Waals surface area contributed by atoms with E-state index in [4.69, 9.17) is 0 Å². The summed E-state index contributed by atoms with van der Waals surface area (Å²) in [5.74, 6) is 0. The Morgan fingerprint density at radius 2 is 2.38 bits per heavy atom. The van der Waals surface area contributed by atoms with Crippen molar-refractivity contribution in [3.05, 3.63) is 30.1 Å². The van der Waals surface area contributed by atoms with Gasteiger partial charge in [0.1, 0.15) is 0 Å². The van der Waals surface area contributed by atoms with E-state index in [0.717, 1.165) is 25.1 Å². The topological polar surface area (TPSA) is 29.9 Å². The number of aryl methyl sites for hydroxylation is 2. The quantitative estimate of drug-likeness (QED) is 0.567. The summed E-state index contributed by atoms with van der Waals surface area (Å²) in [5, 5.41) is 7.92. The normalized spacial score (nSPS) is 12.7. The van der Waals surface area contributed by atoms with Gasteiger partial charge in [-0.25, -0.2) is 0 Å². The Balaban J connectivity index is 2.68. The summed E-state index contributed by atoms with van der Waals surface area (Å²) in [7, 11) is 2.01. The molecule has 0 amide bonds. The number of aromatic nitrogens is 2. The number of unbranched alkanes of at least 4 members (excludes halogenated alkanes) is 1. The maximum absolute atomic E-state index is 4.40. The lowest BCUT2D eigenvalue weighted by Crippen LogP contribution is -2.23. The largest absolute Gasteiger partial charge is 0.309 e. The van der Waals surface area contributed by atoms with Gasteiger partial charge < -0.3 is 5.32 Å². The third-order valence-electron chi connectivity index (χ3n) is 2.75. The highest BCUT2D eigenvalue weighted by Crippen LogP contribution is 2.19. The van der Waals surface area contributed by atoms with Crippen LogP contribution in [0.4, 0.5) is 0 Å². The maximum atomic E-state index is 4.40. The molecule has 0 aliphatic heterocycles. The van der Waals surface area contributed by atoms with Gasteiger partial charge in [0, 0.05) is 13.1 Å². The zero-order chi connectivity index (χ0) is 12.0. The third-order valence-corrected chi connectivity index (χ3v) is 2.75. The van der Waals surface area contributed by atoms with Crippen molar-refractivity contribution >= 4 is 0 Å². The van der Waals surface area contributed by atoms with Crippen LogP contribution in [0.5, 0.6) is 0 Å². The molecule has 0 fully saturated rings. The lowest BCUT2D eigenvalue weighted by atomic mass is 10.1. The summed E-state index contributed by atoms with van der Waals surface area (Å²) >= 11 is 0. The monoisotopic (exact) mass is 221 g/mol. The van der Waals surface area contributed by atoms with Crippen LogP contribution in [0, 0.1) is 6.92 Å². The first-order valence-electron chi connectivity index (χ1n) is 6.03. The van der Waals surface area contributed by atoms with Crippen molar-refractivity contribution in [2.75, 3.05) is 6.54 Å². The Morgan fingerprint density at radius 3 is 2.88 bits per heavy atom. The Labute approximate surface area is 98.5 Å². The molecule has 16 heavy (non-hydrogen) atoms. The van der Waals surface area contributed by atoms with Crippen LogP contribution < -0.4 is 5.32 Å². The van der Waals surface area contributed by atoms with E-state index in [1.165, 1.54) is 12.1 Å². The average molecular weight is 221 g/mol. The van der Waals surface area contributed by atoms with Crippen LogP contribution >= 0.6 is 0 Å². The van der Waals surface area contributed by atoms with Gasteiger partial charge in [0.05, 0.1) is 11.4 Å². The van der Waals surface area contributed by atoms with E-state index in [-0.39, 0.29) is 0 Å². The Bertz CT molecular complexity index is 328. The van der Waals surface area contributed by atoms with E-state index in [1.807, 2.05) is 24.7 Å². The van der Waals surface area contributed by atoms with Crippen LogP contribution in [-0.4, -0.2) is 16.3 Å². The Morgan fingerprint density at radius 1 is 1.62 bits per heavy atom. The molecule has 1 atom stereocenters. The number of rotatable bonds is 7. The van der Waals surface area contributed by atoms with Crippen LogP contribution in [-0.2, 0) is 7.05 Å². The molecule has 1 aromatic heterocycles. The number of hydrogen-bond acceptors (Lipinski definition) is 2. The second kappa shape index (κ2) is 6.48. The highest BCUT2D eigenvalue weighted by Gasteiger charge is 2.14. The minimum Gasteiger partial charge on any atom is -0.309 e. The zero-order valence-electron chi connectivity index (χ0n) is 10.7. The predicted molar refractivity (Wildman–Crippen MR) is 68.4 cm³/mol. The fraction of sp³-hybridized carbons (Fsp3) is 0.615. The fourth-order valence-electron chi connectivity index (χ4n) is 2.02. The Hall–Kier alpha value is -1.09. The highest BCUT2D eigenvalue weighted by atomic mass is 15.3. The summed E-state index contributed by atoms with van der Waals surface area (Å²) in [6.07, 6.45) is 5.38. The molecule has 0 saturated carbocycles. The van der Waals surface area contributed by atoms with Gasteiger partial charge in [-0.1, -0.05) is 13.0 Å². The fourth-order valence-corrected chi connectivity index (χ4v) is 2.02. The van der Waals surface area contributed by atoms with Crippen molar-refractivity contribution in [1.29, 1.82) is 0 Å². The van der Waals surface area contributed by atoms with Gasteiger partial charge in [-0.15, -0.1) is 6.58 Å². The molecule has 1 aromatic rings. The van der Waals surface area contributed by atoms with Gasteiger partial charge in [0.2, 0.25) is 0 Å². The van der Waals surface area contributed by atoms with E-state index < -0.39 is 0 Å². The second-order valence-electron chi connectivity index (χ2n) is 4.16. The number of nitrogens with zero attached hydrogens (tertiary/aromatic N) is 2. The van der Waals surface area contributed by atoms with E-state index in [9.17, 15) is 0 Å². The molecule has 0 radical (unpaired) electrons. The van der Waals surface area contributed by atoms with Crippen molar-refractivity contribution in [3.63, 3.8) is 0 Å². The molecule has 90 valence electrons. The molecule has 0 spiro atoms. The molecule has 3 nitrogen and oxygen atoms in total. The van der Waals surface area contributed by atoms with E-state index in [0.29, 0.717) is 6.04 Å². The smallest absolute Gasteiger partial charge is 0.0597 e. The predicted octanol–water partition coefficient (Wildman–Crippen LogP) is 2.74. The first kappa shape index (κ1) is 13.0. The molecule has 0 aromatic carbocycles. The van der Waals surface area contributed by atoms with Crippen LogP contribution in [0.3, 0.4) is 0 Å². The molecule has 1 rings (SSSR count). The molecule has 0 saturated heterocycles. The summed E-state index contributed by atoms with van der Waals surface area (Å²) < 4.78 is 1.98. The first-order chi connectivity index (χ1) is 7.69. The first-order valence-corrected chi connectivity index (χ1v) is 6.03. The molecule has 3 heteroatoms. The van der Waals surface area contributed by atoms with Crippen molar-refractivity contribution in [3.8, 4) is 0 Å². The lowest BCUT2D eigenvalue weighted by Gasteiger charge is -2.17. The van der Waals surface area contributed by atoms with Crippen LogP contribution in [0.15, 0.2) is 18.7 Å². The van der Waals surface area contributed by atoms with Gasteiger partial charge in [0.15, 0.2) is 0 Å². The van der Waals surface area contributed by atoms with Gasteiger partial charge in [-0.2, -0.15) is 5.10 Å². The summed E-state index contributed by atoms with van der Waals surface area (Å²) in [5.41, 5.74) is 2.37. The van der Waals surface area contributed by atoms with Gasteiger partial charge in [-0.3, -0.25) is 4.68 Å². The van der Waals surface area contributed by atoms with Crippen molar-refractivity contribution < 1.29 is 0 Å². The standard InChI is InChI=1S/C13H23N3/c1-5-7-8-9-12(14-6-2)13-10-11(3)15-16(13)4/h5,10,12,14H,1,6-9H2,2-4H3. The SMILES string of the molecule is C=CCCCC(NCC)c1cc(C)nn1C. The van der Waals surface area contributed by atoms with Crippen molar-refractivity contribution in [2.24, 2.45) is 7.05 Å². The number of nitrogens with one attached hydrogen (secondary N) is 1. The molecule has 0 bridgehead atoms. The number of allylic oxidation sites excluding steroid dienone is 1. The minimum absolute atomic E-state index is 0.413. The van der Waals surface area contributed by atoms with E-state index >= 15 is 0 Å². The summed E-state index contributed by atoms with van der Waals surface area (Å²) in [6.45, 7) is 8.93.